The first-order valence-electron chi connectivity index (χ1n) is 8.48. The van der Waals surface area contributed by atoms with Crippen LogP contribution in [-0.2, 0) is 19.0 Å². The van der Waals surface area contributed by atoms with E-state index in [1.807, 2.05) is 6.07 Å². The molecule has 2 aromatic heterocycles. The van der Waals surface area contributed by atoms with Gasteiger partial charge in [-0.15, -0.1) is 0 Å². The van der Waals surface area contributed by atoms with E-state index >= 15 is 0 Å². The first-order valence-corrected chi connectivity index (χ1v) is 9.27. The van der Waals surface area contributed by atoms with Crippen molar-refractivity contribution in [3.05, 3.63) is 22.6 Å². The summed E-state index contributed by atoms with van der Waals surface area (Å²) in [6.07, 6.45) is 3.78. The Hall–Kier alpha value is -1.51. The molecular formula is C17H22BrN3O4. The molecule has 3 unspecified atom stereocenters. The maximum atomic E-state index is 12.2. The minimum Gasteiger partial charge on any atom is -0.453 e. The molecule has 25 heavy (non-hydrogen) atoms. The number of aromatic nitrogens is 3. The van der Waals surface area contributed by atoms with Crippen LogP contribution in [-0.4, -0.2) is 46.3 Å². The van der Waals surface area contributed by atoms with Gasteiger partial charge < -0.3 is 19.2 Å². The number of halogens is 1. The number of imidazole rings is 1. The van der Waals surface area contributed by atoms with Crippen LogP contribution in [0.3, 0.4) is 0 Å². The molecule has 1 aliphatic heterocycles. The normalized spacial score (nSPS) is 20.4. The van der Waals surface area contributed by atoms with Gasteiger partial charge in [0.1, 0.15) is 5.82 Å². The molecule has 3 atom stereocenters. The Balaban J connectivity index is 1.53. The van der Waals surface area contributed by atoms with Crippen LogP contribution in [0.15, 0.2) is 16.7 Å². The fourth-order valence-corrected chi connectivity index (χ4v) is 3.00. The van der Waals surface area contributed by atoms with Crippen LogP contribution in [0, 0.1) is 0 Å². The molecule has 7 nitrogen and oxygen atoms in total. The first-order chi connectivity index (χ1) is 12.0. The summed E-state index contributed by atoms with van der Waals surface area (Å²) < 4.78 is 17.5. The molecule has 0 saturated carbocycles. The minimum absolute atomic E-state index is 0.0707. The van der Waals surface area contributed by atoms with Crippen molar-refractivity contribution in [2.75, 3.05) is 13.2 Å². The molecular weight excluding hydrogens is 390 g/mol. The minimum atomic E-state index is -0.648. The van der Waals surface area contributed by atoms with E-state index in [2.05, 4.69) is 30.9 Å². The number of hydrogen-bond acceptors (Lipinski definition) is 6. The monoisotopic (exact) mass is 411 g/mol. The number of H-pyrrole nitrogens is 1. The van der Waals surface area contributed by atoms with E-state index in [1.165, 1.54) is 0 Å². The number of rotatable bonds is 6. The van der Waals surface area contributed by atoms with Crippen molar-refractivity contribution < 1.29 is 19.0 Å². The number of esters is 1. The second-order valence-corrected chi connectivity index (χ2v) is 7.11. The van der Waals surface area contributed by atoms with E-state index in [0.717, 1.165) is 35.9 Å². The average molecular weight is 412 g/mol. The Morgan fingerprint density at radius 1 is 1.48 bits per heavy atom. The van der Waals surface area contributed by atoms with Gasteiger partial charge in [-0.3, -0.25) is 0 Å². The Morgan fingerprint density at radius 3 is 3.08 bits per heavy atom. The third kappa shape index (κ3) is 4.77. The summed E-state index contributed by atoms with van der Waals surface area (Å²) in [6, 6.07) is 1.88. The van der Waals surface area contributed by atoms with Crippen molar-refractivity contribution in [3.63, 3.8) is 0 Å². The van der Waals surface area contributed by atoms with Gasteiger partial charge in [-0.1, -0.05) is 0 Å². The van der Waals surface area contributed by atoms with E-state index < -0.39 is 18.2 Å². The van der Waals surface area contributed by atoms with E-state index in [0.29, 0.717) is 18.1 Å². The quantitative estimate of drug-likeness (QED) is 0.733. The third-order valence-corrected chi connectivity index (χ3v) is 4.57. The highest BCUT2D eigenvalue weighted by Crippen LogP contribution is 2.21. The van der Waals surface area contributed by atoms with Gasteiger partial charge in [0, 0.05) is 17.3 Å². The topological polar surface area (TPSA) is 86.3 Å². The summed E-state index contributed by atoms with van der Waals surface area (Å²) in [5.41, 5.74) is 1.37. The summed E-state index contributed by atoms with van der Waals surface area (Å²) in [4.78, 5) is 23.9. The van der Waals surface area contributed by atoms with Gasteiger partial charge in [-0.25, -0.2) is 14.8 Å². The van der Waals surface area contributed by atoms with Crippen molar-refractivity contribution in [1.82, 2.24) is 15.0 Å². The molecule has 1 aliphatic rings. The van der Waals surface area contributed by atoms with Gasteiger partial charge in [0.25, 0.3) is 0 Å². The Kier molecular flexibility index (Phi) is 6.03. The van der Waals surface area contributed by atoms with E-state index in [-0.39, 0.29) is 6.10 Å². The van der Waals surface area contributed by atoms with Crippen molar-refractivity contribution in [3.8, 4) is 0 Å². The van der Waals surface area contributed by atoms with E-state index in [9.17, 15) is 4.79 Å². The first kappa shape index (κ1) is 18.3. The number of nitrogens with zero attached hydrogens (tertiary/aromatic N) is 2. The van der Waals surface area contributed by atoms with Crippen LogP contribution < -0.4 is 0 Å². The van der Waals surface area contributed by atoms with Gasteiger partial charge in [-0.2, -0.15) is 0 Å². The van der Waals surface area contributed by atoms with Crippen LogP contribution >= 0.6 is 15.9 Å². The summed E-state index contributed by atoms with van der Waals surface area (Å²) in [5.74, 6) is 0.134. The lowest BCUT2D eigenvalue weighted by molar-refractivity contribution is -0.164. The summed E-state index contributed by atoms with van der Waals surface area (Å²) in [7, 11) is 0. The SMILES string of the molecule is CC(OCC1CCCCO1)C(=O)OC(C)c1nc2ncc(Br)cc2[nH]1. The highest BCUT2D eigenvalue weighted by Gasteiger charge is 2.23. The molecule has 0 spiro atoms. The Morgan fingerprint density at radius 2 is 2.32 bits per heavy atom. The molecule has 8 heteroatoms. The van der Waals surface area contributed by atoms with Crippen LogP contribution in [0.2, 0.25) is 0 Å². The fraction of sp³-hybridized carbons (Fsp3) is 0.588. The number of aromatic amines is 1. The molecule has 0 amide bonds. The van der Waals surface area contributed by atoms with Crippen LogP contribution in [0.5, 0.6) is 0 Å². The number of nitrogens with one attached hydrogen (secondary N) is 1. The van der Waals surface area contributed by atoms with Crippen LogP contribution in [0.25, 0.3) is 11.2 Å². The number of hydrogen-bond donors (Lipinski definition) is 1. The smallest absolute Gasteiger partial charge is 0.335 e. The lowest BCUT2D eigenvalue weighted by atomic mass is 10.1. The highest BCUT2D eigenvalue weighted by atomic mass is 79.9. The summed E-state index contributed by atoms with van der Waals surface area (Å²) in [5, 5.41) is 0. The predicted octanol–water partition coefficient (Wildman–Crippen LogP) is 3.30. The highest BCUT2D eigenvalue weighted by molar-refractivity contribution is 9.10. The molecule has 1 fully saturated rings. The number of fused-ring (bicyclic) bond motifs is 1. The second kappa shape index (κ2) is 8.25. The van der Waals surface area contributed by atoms with Crippen LogP contribution in [0.1, 0.15) is 45.0 Å². The summed E-state index contributed by atoms with van der Waals surface area (Å²) in [6.45, 7) is 4.63. The molecule has 0 radical (unpaired) electrons. The number of carbonyl (C=O) groups excluding carboxylic acids is 1. The molecule has 3 rings (SSSR count). The van der Waals surface area contributed by atoms with Gasteiger partial charge >= 0.3 is 5.97 Å². The predicted molar refractivity (Wildman–Crippen MR) is 95.1 cm³/mol. The number of ether oxygens (including phenoxy) is 3. The maximum absolute atomic E-state index is 12.2. The lowest BCUT2D eigenvalue weighted by Gasteiger charge is -2.24. The zero-order valence-corrected chi connectivity index (χ0v) is 15.9. The molecule has 1 saturated heterocycles. The maximum Gasteiger partial charge on any atom is 0.335 e. The molecule has 0 aliphatic carbocycles. The van der Waals surface area contributed by atoms with E-state index in [1.54, 1.807) is 20.0 Å². The van der Waals surface area contributed by atoms with Crippen molar-refractivity contribution in [2.45, 2.75) is 51.4 Å². The molecule has 0 bridgehead atoms. The van der Waals surface area contributed by atoms with Gasteiger partial charge in [-0.05, 0) is 55.1 Å². The van der Waals surface area contributed by atoms with Crippen molar-refractivity contribution >= 4 is 33.1 Å². The molecule has 136 valence electrons. The zero-order chi connectivity index (χ0) is 17.8. The third-order valence-electron chi connectivity index (χ3n) is 4.14. The van der Waals surface area contributed by atoms with Crippen LogP contribution in [0.4, 0.5) is 0 Å². The van der Waals surface area contributed by atoms with Crippen molar-refractivity contribution in [1.29, 1.82) is 0 Å². The van der Waals surface area contributed by atoms with Gasteiger partial charge in [0.15, 0.2) is 17.9 Å². The Labute approximate surface area is 154 Å². The fourth-order valence-electron chi connectivity index (χ4n) is 2.67. The van der Waals surface area contributed by atoms with Gasteiger partial charge in [0.2, 0.25) is 0 Å². The average Bonchev–Trinajstić information content (AvgIpc) is 3.03. The standard InChI is InChI=1S/C17H22BrN3O4/c1-10(15-20-14-7-12(18)8-19-16(14)21-15)25-17(22)11(2)24-9-13-5-3-4-6-23-13/h7-8,10-11,13H,3-6,9H2,1-2H3,(H,19,20,21). The second-order valence-electron chi connectivity index (χ2n) is 6.19. The van der Waals surface area contributed by atoms with Crippen molar-refractivity contribution in [2.24, 2.45) is 0 Å². The van der Waals surface area contributed by atoms with Gasteiger partial charge in [0.05, 0.1) is 18.2 Å². The molecule has 0 aromatic carbocycles. The van der Waals surface area contributed by atoms with E-state index in [4.69, 9.17) is 14.2 Å². The number of carbonyl (C=O) groups is 1. The Bertz CT molecular complexity index is 730. The molecule has 2 aromatic rings. The molecule has 3 heterocycles. The number of pyridine rings is 1. The zero-order valence-electron chi connectivity index (χ0n) is 14.3. The summed E-state index contributed by atoms with van der Waals surface area (Å²) >= 11 is 3.37. The lowest BCUT2D eigenvalue weighted by Crippen LogP contribution is -2.31. The molecule has 1 N–H and O–H groups in total. The largest absolute Gasteiger partial charge is 0.453 e.